The van der Waals surface area contributed by atoms with Gasteiger partial charge in [-0.05, 0) is 94.7 Å². The van der Waals surface area contributed by atoms with Gasteiger partial charge in [-0.15, -0.1) is 11.3 Å². The molecule has 0 aliphatic heterocycles. The summed E-state index contributed by atoms with van der Waals surface area (Å²) in [5.74, 6) is 0. The molecule has 0 amide bonds. The SMILES string of the molecule is c1ccc(-c2cccc(N(c3ccccc3)c3cccc(-c4nc5c6ccccc6c6cc(N(c7ccccc7)c7ccccc7)ccc6c5s4)c3)c2)cc1. The van der Waals surface area contributed by atoms with Gasteiger partial charge in [-0.3, -0.25) is 0 Å². The summed E-state index contributed by atoms with van der Waals surface area (Å²) < 4.78 is 1.20. The number of nitrogens with zero attached hydrogens (tertiary/aromatic N) is 3. The minimum absolute atomic E-state index is 1.000. The van der Waals surface area contributed by atoms with Gasteiger partial charge < -0.3 is 9.80 Å². The van der Waals surface area contributed by atoms with Crippen LogP contribution in [-0.4, -0.2) is 4.98 Å². The number of aromatic nitrogens is 1. The zero-order valence-corrected chi connectivity index (χ0v) is 30.8. The molecule has 55 heavy (non-hydrogen) atoms. The smallest absolute Gasteiger partial charge is 0.124 e. The summed E-state index contributed by atoms with van der Waals surface area (Å²) in [6.45, 7) is 0. The van der Waals surface area contributed by atoms with Gasteiger partial charge in [-0.1, -0.05) is 140 Å². The lowest BCUT2D eigenvalue weighted by Crippen LogP contribution is -2.10. The van der Waals surface area contributed by atoms with E-state index in [1.807, 2.05) is 0 Å². The molecule has 0 N–H and O–H groups in total. The van der Waals surface area contributed by atoms with E-state index in [2.05, 4.69) is 222 Å². The molecule has 0 saturated carbocycles. The van der Waals surface area contributed by atoms with Gasteiger partial charge in [0.05, 0.1) is 10.2 Å². The fraction of sp³-hybridized carbons (Fsp3) is 0. The normalized spacial score (nSPS) is 11.3. The maximum Gasteiger partial charge on any atom is 0.124 e. The Hall–Kier alpha value is -7.01. The average molecular weight is 722 g/mol. The highest BCUT2D eigenvalue weighted by Crippen LogP contribution is 2.45. The van der Waals surface area contributed by atoms with Gasteiger partial charge in [0.2, 0.25) is 0 Å². The molecule has 0 radical (unpaired) electrons. The van der Waals surface area contributed by atoms with Crippen LogP contribution in [0.1, 0.15) is 0 Å². The summed E-state index contributed by atoms with van der Waals surface area (Å²) in [5.41, 5.74) is 11.1. The summed E-state index contributed by atoms with van der Waals surface area (Å²) in [6.07, 6.45) is 0. The molecule has 0 spiro atoms. The van der Waals surface area contributed by atoms with E-state index < -0.39 is 0 Å². The number of para-hydroxylation sites is 3. The second-order valence-electron chi connectivity index (χ2n) is 13.6. The molecule has 4 heteroatoms. The van der Waals surface area contributed by atoms with E-state index in [0.29, 0.717) is 0 Å². The molecule has 9 aromatic carbocycles. The van der Waals surface area contributed by atoms with Crippen LogP contribution < -0.4 is 9.80 Å². The first-order chi connectivity index (χ1) is 27.3. The first-order valence-corrected chi connectivity index (χ1v) is 19.4. The van der Waals surface area contributed by atoms with Crippen molar-refractivity contribution in [2.75, 3.05) is 9.80 Å². The first-order valence-electron chi connectivity index (χ1n) is 18.5. The van der Waals surface area contributed by atoms with Crippen molar-refractivity contribution in [2.45, 2.75) is 0 Å². The van der Waals surface area contributed by atoms with Crippen molar-refractivity contribution in [3.8, 4) is 21.7 Å². The molecular weight excluding hydrogens is 687 g/mol. The average Bonchev–Trinajstić information content (AvgIpc) is 3.72. The molecule has 1 heterocycles. The lowest BCUT2D eigenvalue weighted by Gasteiger charge is -2.26. The monoisotopic (exact) mass is 721 g/mol. The number of rotatable bonds is 8. The van der Waals surface area contributed by atoms with Crippen LogP contribution in [0.3, 0.4) is 0 Å². The van der Waals surface area contributed by atoms with Gasteiger partial charge in [0, 0.05) is 50.5 Å². The van der Waals surface area contributed by atoms with Gasteiger partial charge in [0.25, 0.3) is 0 Å². The van der Waals surface area contributed by atoms with E-state index in [1.165, 1.54) is 32.0 Å². The number of hydrogen-bond donors (Lipinski definition) is 0. The van der Waals surface area contributed by atoms with E-state index in [1.54, 1.807) is 11.3 Å². The van der Waals surface area contributed by atoms with E-state index >= 15 is 0 Å². The Kier molecular flexibility index (Phi) is 8.36. The van der Waals surface area contributed by atoms with Crippen LogP contribution in [0.25, 0.3) is 53.5 Å². The number of fused-ring (bicyclic) bond motifs is 6. The summed E-state index contributed by atoms with van der Waals surface area (Å²) in [7, 11) is 0. The molecule has 0 bridgehead atoms. The van der Waals surface area contributed by atoms with Crippen LogP contribution in [0.5, 0.6) is 0 Å². The molecule has 3 nitrogen and oxygen atoms in total. The summed E-state index contributed by atoms with van der Waals surface area (Å²) >= 11 is 1.77. The van der Waals surface area contributed by atoms with Crippen LogP contribution >= 0.6 is 11.3 Å². The number of thiazole rings is 1. The second kappa shape index (κ2) is 14.1. The quantitative estimate of drug-likeness (QED) is 0.146. The van der Waals surface area contributed by atoms with E-state index in [4.69, 9.17) is 4.98 Å². The van der Waals surface area contributed by atoms with Crippen LogP contribution in [0.4, 0.5) is 34.1 Å². The molecule has 10 aromatic rings. The van der Waals surface area contributed by atoms with Gasteiger partial charge in [-0.25, -0.2) is 4.98 Å². The Morgan fingerprint density at radius 1 is 0.309 bits per heavy atom. The van der Waals surface area contributed by atoms with Crippen molar-refractivity contribution in [1.29, 1.82) is 0 Å². The number of anilines is 6. The summed E-state index contributed by atoms with van der Waals surface area (Å²) in [4.78, 5) is 10.1. The molecule has 0 fully saturated rings. The van der Waals surface area contributed by atoms with Crippen molar-refractivity contribution in [2.24, 2.45) is 0 Å². The topological polar surface area (TPSA) is 19.4 Å². The summed E-state index contributed by atoms with van der Waals surface area (Å²) in [5, 5.41) is 5.79. The van der Waals surface area contributed by atoms with Crippen molar-refractivity contribution < 1.29 is 0 Å². The Labute approximate surface area is 324 Å². The minimum Gasteiger partial charge on any atom is -0.310 e. The highest BCUT2D eigenvalue weighted by molar-refractivity contribution is 7.22. The largest absolute Gasteiger partial charge is 0.310 e. The number of hydrogen-bond acceptors (Lipinski definition) is 4. The molecule has 0 atom stereocenters. The van der Waals surface area contributed by atoms with E-state index in [-0.39, 0.29) is 0 Å². The lowest BCUT2D eigenvalue weighted by molar-refractivity contribution is 1.28. The van der Waals surface area contributed by atoms with Crippen LogP contribution in [0.15, 0.2) is 212 Å². The molecule has 260 valence electrons. The molecule has 0 aliphatic carbocycles. The Bertz CT molecular complexity index is 2890. The first kappa shape index (κ1) is 32.6. The van der Waals surface area contributed by atoms with Crippen LogP contribution in [0.2, 0.25) is 0 Å². The van der Waals surface area contributed by atoms with Gasteiger partial charge in [-0.2, -0.15) is 0 Å². The highest BCUT2D eigenvalue weighted by Gasteiger charge is 2.19. The molecule has 10 rings (SSSR count). The maximum absolute atomic E-state index is 5.40. The Morgan fingerprint density at radius 2 is 0.764 bits per heavy atom. The molecule has 1 aromatic heterocycles. The van der Waals surface area contributed by atoms with Gasteiger partial charge in [0.15, 0.2) is 0 Å². The van der Waals surface area contributed by atoms with E-state index in [0.717, 1.165) is 55.6 Å². The number of benzene rings is 9. The third-order valence-electron chi connectivity index (χ3n) is 10.2. The third kappa shape index (κ3) is 6.09. The highest BCUT2D eigenvalue weighted by atomic mass is 32.1. The standard InChI is InChI=1S/C51H35N3S/c1-5-17-36(18-6-1)37-19-15-27-42(33-37)54(41-25-11-4-12-26-41)43-28-16-20-38(34-43)51-52-49-46-30-14-13-29-45(46)48-35-44(31-32-47(48)50(49)55-51)53(39-21-7-2-8-22-39)40-23-9-3-10-24-40/h1-35H. The van der Waals surface area contributed by atoms with Crippen LogP contribution in [0, 0.1) is 0 Å². The predicted molar refractivity (Wildman–Crippen MR) is 235 cm³/mol. The molecule has 0 aliphatic rings. The zero-order chi connectivity index (χ0) is 36.6. The maximum atomic E-state index is 5.40. The molecule has 0 saturated heterocycles. The predicted octanol–water partition coefficient (Wildman–Crippen LogP) is 14.9. The fourth-order valence-corrected chi connectivity index (χ4v) is 8.80. The minimum atomic E-state index is 1.000. The molecular formula is C51H35N3S. The third-order valence-corrected chi connectivity index (χ3v) is 11.3. The zero-order valence-electron chi connectivity index (χ0n) is 30.0. The van der Waals surface area contributed by atoms with Crippen LogP contribution in [-0.2, 0) is 0 Å². The van der Waals surface area contributed by atoms with Crippen molar-refractivity contribution in [1.82, 2.24) is 4.98 Å². The molecule has 0 unspecified atom stereocenters. The van der Waals surface area contributed by atoms with Crippen molar-refractivity contribution in [3.05, 3.63) is 212 Å². The lowest BCUT2D eigenvalue weighted by atomic mass is 9.99. The Balaban J connectivity index is 1.11. The van der Waals surface area contributed by atoms with Gasteiger partial charge >= 0.3 is 0 Å². The van der Waals surface area contributed by atoms with E-state index in [9.17, 15) is 0 Å². The van der Waals surface area contributed by atoms with Gasteiger partial charge in [0.1, 0.15) is 5.01 Å². The van der Waals surface area contributed by atoms with Crippen molar-refractivity contribution >= 4 is 77.2 Å². The fourth-order valence-electron chi connectivity index (χ4n) is 7.68. The van der Waals surface area contributed by atoms with Crippen molar-refractivity contribution in [3.63, 3.8) is 0 Å². The summed E-state index contributed by atoms with van der Waals surface area (Å²) in [6, 6.07) is 75.5. The Morgan fingerprint density at radius 3 is 1.38 bits per heavy atom. The second-order valence-corrected chi connectivity index (χ2v) is 14.6.